The lowest BCUT2D eigenvalue weighted by atomic mass is 10.1. The number of ether oxygens (including phenoxy) is 3. The van der Waals surface area contributed by atoms with E-state index in [4.69, 9.17) is 19.2 Å². The Morgan fingerprint density at radius 2 is 1.77 bits per heavy atom. The van der Waals surface area contributed by atoms with Gasteiger partial charge in [0.15, 0.2) is 17.5 Å². The van der Waals surface area contributed by atoms with Crippen molar-refractivity contribution >= 4 is 29.9 Å². The first-order valence-electron chi connectivity index (χ1n) is 8.50. The zero-order valence-electron chi connectivity index (χ0n) is 16.5. The minimum Gasteiger partial charge on any atom is -0.496 e. The van der Waals surface area contributed by atoms with Crippen LogP contribution in [0.4, 0.5) is 0 Å². The van der Waals surface area contributed by atoms with Gasteiger partial charge in [-0.15, -0.1) is 30.6 Å². The molecule has 6 nitrogen and oxygen atoms in total. The lowest BCUT2D eigenvalue weighted by Crippen LogP contribution is -2.39. The van der Waals surface area contributed by atoms with Gasteiger partial charge in [0.05, 0.1) is 27.9 Å². The summed E-state index contributed by atoms with van der Waals surface area (Å²) in [4.78, 5) is 6.86. The van der Waals surface area contributed by atoms with E-state index in [9.17, 15) is 0 Å². The summed E-state index contributed by atoms with van der Waals surface area (Å²) in [6.45, 7) is 8.04. The third-order valence-electron chi connectivity index (χ3n) is 3.78. The second kappa shape index (κ2) is 13.5. The number of hydrogen-bond donors (Lipinski definition) is 1. The standard InChI is InChI=1S/C19H31N3O3.HI/c1-7-9-10-11-22(3)19(20-8-2)21-14-15-12-17(24-5)18(25-6)13-16(15)23-4;/h7,12-13H,1,8-11,14H2,2-6H3,(H,20,21);1H. The molecule has 0 heterocycles. The van der Waals surface area contributed by atoms with Crippen LogP contribution in [0.5, 0.6) is 17.2 Å². The molecule has 1 aromatic rings. The average molecular weight is 477 g/mol. The van der Waals surface area contributed by atoms with Crippen LogP contribution in [0.25, 0.3) is 0 Å². The van der Waals surface area contributed by atoms with E-state index in [1.807, 2.05) is 25.3 Å². The molecule has 1 aromatic carbocycles. The zero-order valence-corrected chi connectivity index (χ0v) is 18.8. The second-order valence-electron chi connectivity index (χ2n) is 5.54. The lowest BCUT2D eigenvalue weighted by Gasteiger charge is -2.22. The van der Waals surface area contributed by atoms with Crippen LogP contribution in [0.15, 0.2) is 29.8 Å². The van der Waals surface area contributed by atoms with Crippen LogP contribution in [0, 0.1) is 0 Å². The van der Waals surface area contributed by atoms with E-state index < -0.39 is 0 Å². The monoisotopic (exact) mass is 477 g/mol. The van der Waals surface area contributed by atoms with Gasteiger partial charge in [-0.25, -0.2) is 4.99 Å². The van der Waals surface area contributed by atoms with E-state index in [0.717, 1.165) is 43.2 Å². The number of methoxy groups -OCH3 is 3. The first-order valence-corrected chi connectivity index (χ1v) is 8.50. The summed E-state index contributed by atoms with van der Waals surface area (Å²) in [6, 6.07) is 3.73. The number of hydrogen-bond acceptors (Lipinski definition) is 4. The Labute approximate surface area is 174 Å². The molecule has 7 heteroatoms. The van der Waals surface area contributed by atoms with Crippen LogP contribution >= 0.6 is 24.0 Å². The molecule has 0 unspecified atom stereocenters. The third kappa shape index (κ3) is 7.31. The number of unbranched alkanes of at least 4 members (excludes halogenated alkanes) is 1. The Balaban J connectivity index is 0.00000625. The molecular weight excluding hydrogens is 445 g/mol. The van der Waals surface area contributed by atoms with Gasteiger partial charge in [-0.2, -0.15) is 0 Å². The molecule has 0 bridgehead atoms. The number of guanidine groups is 1. The highest BCUT2D eigenvalue weighted by Gasteiger charge is 2.12. The van der Waals surface area contributed by atoms with E-state index in [-0.39, 0.29) is 24.0 Å². The van der Waals surface area contributed by atoms with Crippen LogP contribution < -0.4 is 19.5 Å². The highest BCUT2D eigenvalue weighted by atomic mass is 127. The maximum absolute atomic E-state index is 5.47. The smallest absolute Gasteiger partial charge is 0.193 e. The van der Waals surface area contributed by atoms with E-state index in [2.05, 4.69) is 23.7 Å². The van der Waals surface area contributed by atoms with Crippen LogP contribution in [0.1, 0.15) is 25.3 Å². The number of nitrogens with one attached hydrogen (secondary N) is 1. The molecule has 1 rings (SSSR count). The van der Waals surface area contributed by atoms with Crippen LogP contribution in [0.3, 0.4) is 0 Å². The Hall–Kier alpha value is -1.64. The van der Waals surface area contributed by atoms with Crippen molar-refractivity contribution in [3.05, 3.63) is 30.4 Å². The number of aliphatic imine (C=N–C) groups is 1. The largest absolute Gasteiger partial charge is 0.496 e. The first kappa shape index (κ1) is 24.4. The summed E-state index contributed by atoms with van der Waals surface area (Å²) in [5.41, 5.74) is 0.940. The maximum atomic E-state index is 5.47. The molecule has 26 heavy (non-hydrogen) atoms. The van der Waals surface area contributed by atoms with Gasteiger partial charge >= 0.3 is 0 Å². The molecule has 0 atom stereocenters. The topological polar surface area (TPSA) is 55.3 Å². The molecule has 0 saturated carbocycles. The summed E-state index contributed by atoms with van der Waals surface area (Å²) in [6.07, 6.45) is 3.98. The summed E-state index contributed by atoms with van der Waals surface area (Å²) < 4.78 is 16.2. The molecule has 0 amide bonds. The Bertz CT molecular complexity index is 579. The van der Waals surface area contributed by atoms with Gasteiger partial charge in [0, 0.05) is 31.8 Å². The van der Waals surface area contributed by atoms with Crippen LogP contribution in [-0.4, -0.2) is 52.3 Å². The van der Waals surface area contributed by atoms with Crippen molar-refractivity contribution in [2.24, 2.45) is 4.99 Å². The number of nitrogens with zero attached hydrogens (tertiary/aromatic N) is 2. The SMILES string of the molecule is C=CCCCN(C)C(=NCc1cc(OC)c(OC)cc1OC)NCC.I. The quantitative estimate of drug-likeness (QED) is 0.183. The van der Waals surface area contributed by atoms with Crippen molar-refractivity contribution in [2.75, 3.05) is 41.5 Å². The molecule has 0 aliphatic carbocycles. The van der Waals surface area contributed by atoms with Gasteiger partial charge < -0.3 is 24.4 Å². The molecule has 0 aliphatic rings. The highest BCUT2D eigenvalue weighted by Crippen LogP contribution is 2.34. The summed E-state index contributed by atoms with van der Waals surface area (Å²) in [5.74, 6) is 2.90. The number of benzene rings is 1. The molecule has 1 N–H and O–H groups in total. The Morgan fingerprint density at radius 3 is 2.31 bits per heavy atom. The molecule has 0 spiro atoms. The van der Waals surface area contributed by atoms with E-state index in [0.29, 0.717) is 18.0 Å². The van der Waals surface area contributed by atoms with Gasteiger partial charge in [0.2, 0.25) is 0 Å². The van der Waals surface area contributed by atoms with Crippen molar-refractivity contribution in [3.63, 3.8) is 0 Å². The van der Waals surface area contributed by atoms with E-state index in [1.54, 1.807) is 21.3 Å². The van der Waals surface area contributed by atoms with Crippen molar-refractivity contribution < 1.29 is 14.2 Å². The molecule has 0 fully saturated rings. The fraction of sp³-hybridized carbons (Fsp3) is 0.526. The normalized spacial score (nSPS) is 10.6. The number of halogens is 1. The van der Waals surface area contributed by atoms with Gasteiger partial charge in [0.25, 0.3) is 0 Å². The maximum Gasteiger partial charge on any atom is 0.193 e. The molecule has 0 aliphatic heterocycles. The van der Waals surface area contributed by atoms with Crippen molar-refractivity contribution in [1.82, 2.24) is 10.2 Å². The summed E-state index contributed by atoms with van der Waals surface area (Å²) in [5, 5.41) is 3.32. The highest BCUT2D eigenvalue weighted by molar-refractivity contribution is 14.0. The molecule has 0 saturated heterocycles. The van der Waals surface area contributed by atoms with Gasteiger partial charge in [0.1, 0.15) is 5.75 Å². The van der Waals surface area contributed by atoms with Gasteiger partial charge in [-0.1, -0.05) is 6.08 Å². The number of allylic oxidation sites excluding steroid dienone is 1. The van der Waals surface area contributed by atoms with Crippen molar-refractivity contribution in [1.29, 1.82) is 0 Å². The second-order valence-corrected chi connectivity index (χ2v) is 5.54. The molecule has 0 radical (unpaired) electrons. The average Bonchev–Trinajstić information content (AvgIpc) is 2.64. The minimum atomic E-state index is 0. The van der Waals surface area contributed by atoms with Crippen molar-refractivity contribution in [3.8, 4) is 17.2 Å². The summed E-state index contributed by atoms with van der Waals surface area (Å²) in [7, 11) is 6.91. The molecule has 148 valence electrons. The minimum absolute atomic E-state index is 0. The Morgan fingerprint density at radius 1 is 1.15 bits per heavy atom. The van der Waals surface area contributed by atoms with Crippen LogP contribution in [-0.2, 0) is 6.54 Å². The molecule has 0 aromatic heterocycles. The Kier molecular flexibility index (Phi) is 12.7. The van der Waals surface area contributed by atoms with Gasteiger partial charge in [-0.05, 0) is 25.8 Å². The molecular formula is C19H32IN3O3. The van der Waals surface area contributed by atoms with Crippen molar-refractivity contribution in [2.45, 2.75) is 26.3 Å². The van der Waals surface area contributed by atoms with E-state index >= 15 is 0 Å². The zero-order chi connectivity index (χ0) is 18.7. The van der Waals surface area contributed by atoms with Crippen LogP contribution in [0.2, 0.25) is 0 Å². The predicted molar refractivity (Wildman–Crippen MR) is 118 cm³/mol. The summed E-state index contributed by atoms with van der Waals surface area (Å²) >= 11 is 0. The third-order valence-corrected chi connectivity index (χ3v) is 3.78. The lowest BCUT2D eigenvalue weighted by molar-refractivity contribution is 0.347. The fourth-order valence-electron chi connectivity index (χ4n) is 2.42. The number of rotatable bonds is 10. The van der Waals surface area contributed by atoms with Gasteiger partial charge in [-0.3, -0.25) is 0 Å². The van der Waals surface area contributed by atoms with E-state index in [1.165, 1.54) is 0 Å². The fourth-order valence-corrected chi connectivity index (χ4v) is 2.42. The predicted octanol–water partition coefficient (Wildman–Crippen LogP) is 3.69. The first-order chi connectivity index (χ1) is 12.1.